The van der Waals surface area contributed by atoms with Gasteiger partial charge in [0.2, 0.25) is 0 Å². The largest absolute Gasteiger partial charge is 0.388 e. The summed E-state index contributed by atoms with van der Waals surface area (Å²) in [6.45, 7) is 7.89. The third-order valence-electron chi connectivity index (χ3n) is 2.73. The van der Waals surface area contributed by atoms with Gasteiger partial charge in [0.05, 0.1) is 5.84 Å². The molecule has 0 amide bonds. The van der Waals surface area contributed by atoms with Crippen molar-refractivity contribution in [1.82, 2.24) is 14.5 Å². The number of amidine groups is 1. The lowest BCUT2D eigenvalue weighted by Gasteiger charge is -2.20. The maximum atomic E-state index is 7.20. The van der Waals surface area contributed by atoms with Gasteiger partial charge < -0.3 is 15.2 Å². The zero-order valence-electron chi connectivity index (χ0n) is 10.1. The first-order valence-electron chi connectivity index (χ1n) is 5.66. The average molecular weight is 223 g/mol. The lowest BCUT2D eigenvalue weighted by atomic mass is 10.3. The van der Waals surface area contributed by atoms with Crippen molar-refractivity contribution < 1.29 is 0 Å². The first kappa shape index (κ1) is 12.7. The topological polar surface area (TPSA) is 70.9 Å². The van der Waals surface area contributed by atoms with E-state index in [9.17, 15) is 0 Å². The molecule has 0 saturated heterocycles. The van der Waals surface area contributed by atoms with Crippen molar-refractivity contribution in [2.45, 2.75) is 26.8 Å². The van der Waals surface area contributed by atoms with Gasteiger partial charge in [0.25, 0.3) is 0 Å². The summed E-state index contributed by atoms with van der Waals surface area (Å²) in [4.78, 5) is 6.48. The lowest BCUT2D eigenvalue weighted by molar-refractivity contribution is 0.282. The minimum Gasteiger partial charge on any atom is -0.388 e. The molecule has 0 aromatic carbocycles. The SMILES string of the molecule is CCN(CCC(=N)N)CCn1ccnc1C. The van der Waals surface area contributed by atoms with Crippen LogP contribution in [-0.4, -0.2) is 39.9 Å². The molecule has 0 aliphatic rings. The van der Waals surface area contributed by atoms with E-state index in [2.05, 4.69) is 21.4 Å². The Balaban J connectivity index is 2.34. The molecule has 1 heterocycles. The van der Waals surface area contributed by atoms with E-state index in [1.54, 1.807) is 0 Å². The molecule has 0 atom stereocenters. The van der Waals surface area contributed by atoms with Crippen LogP contribution in [0.15, 0.2) is 12.4 Å². The Morgan fingerprint density at radius 2 is 2.31 bits per heavy atom. The van der Waals surface area contributed by atoms with Gasteiger partial charge in [-0.05, 0) is 13.5 Å². The highest BCUT2D eigenvalue weighted by molar-refractivity contribution is 5.76. The Morgan fingerprint density at radius 3 is 2.81 bits per heavy atom. The van der Waals surface area contributed by atoms with Gasteiger partial charge in [-0.1, -0.05) is 6.92 Å². The maximum absolute atomic E-state index is 7.20. The fourth-order valence-corrected chi connectivity index (χ4v) is 1.60. The van der Waals surface area contributed by atoms with Crippen LogP contribution in [0.5, 0.6) is 0 Å². The molecule has 0 spiro atoms. The zero-order valence-corrected chi connectivity index (χ0v) is 10.1. The predicted octanol–water partition coefficient (Wildman–Crippen LogP) is 0.839. The quantitative estimate of drug-likeness (QED) is 0.531. The molecule has 1 rings (SSSR count). The predicted molar refractivity (Wildman–Crippen MR) is 65.6 cm³/mol. The fraction of sp³-hybridized carbons (Fsp3) is 0.636. The number of hydrogen-bond donors (Lipinski definition) is 2. The molecule has 0 radical (unpaired) electrons. The van der Waals surface area contributed by atoms with E-state index in [1.807, 2.05) is 19.3 Å². The molecule has 0 unspecified atom stereocenters. The van der Waals surface area contributed by atoms with Crippen LogP contribution < -0.4 is 5.73 Å². The third-order valence-corrected chi connectivity index (χ3v) is 2.73. The number of rotatable bonds is 7. The molecule has 0 bridgehead atoms. The van der Waals surface area contributed by atoms with E-state index >= 15 is 0 Å². The number of nitrogens with one attached hydrogen (secondary N) is 1. The highest BCUT2D eigenvalue weighted by atomic mass is 15.2. The maximum Gasteiger partial charge on any atom is 0.105 e. The van der Waals surface area contributed by atoms with Crippen LogP contribution in [-0.2, 0) is 6.54 Å². The van der Waals surface area contributed by atoms with Crippen LogP contribution >= 0.6 is 0 Å². The molecule has 1 aromatic heterocycles. The fourth-order valence-electron chi connectivity index (χ4n) is 1.60. The summed E-state index contributed by atoms with van der Waals surface area (Å²) in [5.74, 6) is 1.31. The van der Waals surface area contributed by atoms with E-state index in [4.69, 9.17) is 11.1 Å². The van der Waals surface area contributed by atoms with Gasteiger partial charge in [0.15, 0.2) is 0 Å². The van der Waals surface area contributed by atoms with Crippen LogP contribution in [0.2, 0.25) is 0 Å². The number of likely N-dealkylation sites (N-methyl/N-ethyl adjacent to an activating group) is 1. The summed E-state index contributed by atoms with van der Waals surface area (Å²) in [6.07, 6.45) is 4.46. The minimum absolute atomic E-state index is 0.261. The van der Waals surface area contributed by atoms with Crippen molar-refractivity contribution in [2.24, 2.45) is 5.73 Å². The first-order chi connectivity index (χ1) is 7.63. The molecule has 0 fully saturated rings. The standard InChI is InChI=1S/C11H21N5/c1-3-15(6-4-11(12)13)8-9-16-7-5-14-10(16)2/h5,7H,3-4,6,8-9H2,1-2H3,(H3,12,13). The number of aromatic nitrogens is 2. The molecule has 90 valence electrons. The van der Waals surface area contributed by atoms with Crippen molar-refractivity contribution in [2.75, 3.05) is 19.6 Å². The number of nitrogens with zero attached hydrogens (tertiary/aromatic N) is 3. The van der Waals surface area contributed by atoms with E-state index in [0.717, 1.165) is 32.0 Å². The summed E-state index contributed by atoms with van der Waals surface area (Å²) in [6, 6.07) is 0. The Bertz CT molecular complexity index is 331. The monoisotopic (exact) mass is 223 g/mol. The lowest BCUT2D eigenvalue weighted by Crippen LogP contribution is -2.30. The molecule has 1 aromatic rings. The van der Waals surface area contributed by atoms with E-state index < -0.39 is 0 Å². The molecule has 5 heteroatoms. The highest BCUT2D eigenvalue weighted by Crippen LogP contribution is 1.98. The van der Waals surface area contributed by atoms with Crippen LogP contribution in [0, 0.1) is 12.3 Å². The van der Waals surface area contributed by atoms with Gasteiger partial charge in [-0.15, -0.1) is 0 Å². The Hall–Kier alpha value is -1.36. The molecular formula is C11H21N5. The second-order valence-corrected chi connectivity index (χ2v) is 3.88. The van der Waals surface area contributed by atoms with Gasteiger partial charge >= 0.3 is 0 Å². The second kappa shape index (κ2) is 6.27. The molecule has 3 N–H and O–H groups in total. The smallest absolute Gasteiger partial charge is 0.105 e. The second-order valence-electron chi connectivity index (χ2n) is 3.88. The van der Waals surface area contributed by atoms with Gasteiger partial charge in [-0.3, -0.25) is 5.41 Å². The number of imidazole rings is 1. The summed E-state index contributed by atoms with van der Waals surface area (Å²) in [5, 5.41) is 7.20. The van der Waals surface area contributed by atoms with Crippen LogP contribution in [0.25, 0.3) is 0 Å². The van der Waals surface area contributed by atoms with Gasteiger partial charge in [-0.25, -0.2) is 4.98 Å². The van der Waals surface area contributed by atoms with E-state index in [0.29, 0.717) is 6.42 Å². The first-order valence-corrected chi connectivity index (χ1v) is 5.66. The van der Waals surface area contributed by atoms with Crippen LogP contribution in [0.3, 0.4) is 0 Å². The minimum atomic E-state index is 0.261. The molecule has 0 saturated carbocycles. The van der Waals surface area contributed by atoms with Crippen molar-refractivity contribution in [1.29, 1.82) is 5.41 Å². The van der Waals surface area contributed by atoms with Crippen LogP contribution in [0.1, 0.15) is 19.2 Å². The van der Waals surface area contributed by atoms with Gasteiger partial charge in [0.1, 0.15) is 5.82 Å². The van der Waals surface area contributed by atoms with Crippen LogP contribution in [0.4, 0.5) is 0 Å². The number of nitrogens with two attached hydrogens (primary N) is 1. The molecule has 0 aliphatic carbocycles. The Morgan fingerprint density at radius 1 is 1.56 bits per heavy atom. The molecular weight excluding hydrogens is 202 g/mol. The van der Waals surface area contributed by atoms with Gasteiger partial charge in [-0.2, -0.15) is 0 Å². The van der Waals surface area contributed by atoms with Crippen molar-refractivity contribution in [3.63, 3.8) is 0 Å². The molecule has 16 heavy (non-hydrogen) atoms. The summed E-state index contributed by atoms with van der Waals surface area (Å²) >= 11 is 0. The zero-order chi connectivity index (χ0) is 12.0. The van der Waals surface area contributed by atoms with Crippen molar-refractivity contribution in [3.8, 4) is 0 Å². The number of hydrogen-bond acceptors (Lipinski definition) is 3. The van der Waals surface area contributed by atoms with E-state index in [1.165, 1.54) is 0 Å². The normalized spacial score (nSPS) is 10.9. The highest BCUT2D eigenvalue weighted by Gasteiger charge is 2.04. The number of aryl methyl sites for hydroxylation is 1. The molecule has 0 aliphatic heterocycles. The third kappa shape index (κ3) is 4.02. The van der Waals surface area contributed by atoms with Crippen molar-refractivity contribution >= 4 is 5.84 Å². The van der Waals surface area contributed by atoms with E-state index in [-0.39, 0.29) is 5.84 Å². The summed E-state index contributed by atoms with van der Waals surface area (Å²) in [7, 11) is 0. The summed E-state index contributed by atoms with van der Waals surface area (Å²) < 4.78 is 2.14. The summed E-state index contributed by atoms with van der Waals surface area (Å²) in [5.41, 5.74) is 5.35. The molecule has 5 nitrogen and oxygen atoms in total. The van der Waals surface area contributed by atoms with Gasteiger partial charge in [0, 0.05) is 38.4 Å². The average Bonchev–Trinajstić information content (AvgIpc) is 2.64. The Kier molecular flexibility index (Phi) is 4.98. The van der Waals surface area contributed by atoms with Crippen molar-refractivity contribution in [3.05, 3.63) is 18.2 Å². The Labute approximate surface area is 96.8 Å².